The second-order valence-corrected chi connectivity index (χ2v) is 5.49. The van der Waals surface area contributed by atoms with Crippen LogP contribution in [-0.2, 0) is 9.45 Å². The second kappa shape index (κ2) is 9.31. The van der Waals surface area contributed by atoms with Crippen LogP contribution in [0.1, 0.15) is 30.6 Å². The molecule has 0 bridgehead atoms. The summed E-state index contributed by atoms with van der Waals surface area (Å²) in [5.41, 5.74) is -0.263. The van der Waals surface area contributed by atoms with Crippen LogP contribution in [0.15, 0.2) is 18.2 Å². The molecule has 0 saturated heterocycles. The van der Waals surface area contributed by atoms with Crippen LogP contribution in [-0.4, -0.2) is 42.0 Å². The second-order valence-electron chi connectivity index (χ2n) is 5.49. The number of carbonyl (C=O) groups is 2. The molecule has 0 unspecified atom stereocenters. The molecule has 0 aliphatic heterocycles. The standard InChI is InChI=1S/C14H19BF2N2O5/c1-8(2)3-13(24-15(22)23)19-12(20)7-18-14(21)9-4-10(16)6-11(17)5-9/h4-6,8,13,22-23H,3,7H2,1-2H3,(H,18,21)(H,19,20)/t13-/m1/s1. The first kappa shape index (κ1) is 20.0. The van der Waals surface area contributed by atoms with Crippen molar-refractivity contribution in [3.63, 3.8) is 0 Å². The number of hydrogen-bond acceptors (Lipinski definition) is 5. The van der Waals surface area contributed by atoms with Crippen LogP contribution in [0.4, 0.5) is 8.78 Å². The minimum absolute atomic E-state index is 0.0962. The molecule has 10 heteroatoms. The van der Waals surface area contributed by atoms with Gasteiger partial charge in [-0.1, -0.05) is 13.8 Å². The van der Waals surface area contributed by atoms with Crippen molar-refractivity contribution in [2.24, 2.45) is 5.92 Å². The molecule has 0 aromatic heterocycles. The van der Waals surface area contributed by atoms with E-state index in [9.17, 15) is 18.4 Å². The minimum Gasteiger partial charge on any atom is -0.402 e. The van der Waals surface area contributed by atoms with Crippen molar-refractivity contribution in [2.75, 3.05) is 6.54 Å². The van der Waals surface area contributed by atoms with Gasteiger partial charge in [0.25, 0.3) is 5.91 Å². The normalized spacial score (nSPS) is 12.0. The Morgan fingerprint density at radius 3 is 2.29 bits per heavy atom. The van der Waals surface area contributed by atoms with E-state index < -0.39 is 43.5 Å². The number of carbonyl (C=O) groups excluding carboxylic acids is 2. The Balaban J connectivity index is 2.55. The quantitative estimate of drug-likeness (QED) is 0.397. The van der Waals surface area contributed by atoms with Crippen LogP contribution in [0.3, 0.4) is 0 Å². The van der Waals surface area contributed by atoms with E-state index in [0.717, 1.165) is 12.1 Å². The van der Waals surface area contributed by atoms with Crippen molar-refractivity contribution in [3.05, 3.63) is 35.4 Å². The van der Waals surface area contributed by atoms with Gasteiger partial charge in [-0.15, -0.1) is 0 Å². The summed E-state index contributed by atoms with van der Waals surface area (Å²) in [4.78, 5) is 23.5. The lowest BCUT2D eigenvalue weighted by Gasteiger charge is -2.21. The summed E-state index contributed by atoms with van der Waals surface area (Å²) >= 11 is 0. The van der Waals surface area contributed by atoms with Gasteiger partial charge in [-0.2, -0.15) is 0 Å². The van der Waals surface area contributed by atoms with E-state index in [1.54, 1.807) is 0 Å². The Hall–Kier alpha value is -2.04. The number of nitrogens with one attached hydrogen (secondary N) is 2. The summed E-state index contributed by atoms with van der Waals surface area (Å²) in [5.74, 6) is -3.21. The zero-order valence-corrected chi connectivity index (χ0v) is 13.3. The highest BCUT2D eigenvalue weighted by atomic mass is 19.1. The monoisotopic (exact) mass is 344 g/mol. The van der Waals surface area contributed by atoms with Gasteiger partial charge in [-0.25, -0.2) is 8.78 Å². The van der Waals surface area contributed by atoms with Crippen molar-refractivity contribution in [1.82, 2.24) is 10.6 Å². The Kier molecular flexibility index (Phi) is 7.76. The molecule has 1 rings (SSSR count). The number of halogens is 2. The Bertz CT molecular complexity index is 556. The molecule has 1 aromatic rings. The van der Waals surface area contributed by atoms with Gasteiger partial charge in [0.1, 0.15) is 17.9 Å². The summed E-state index contributed by atoms with van der Waals surface area (Å²) in [6.45, 7) is 3.20. The zero-order chi connectivity index (χ0) is 18.3. The van der Waals surface area contributed by atoms with Gasteiger partial charge >= 0.3 is 7.32 Å². The smallest absolute Gasteiger partial charge is 0.402 e. The highest BCUT2D eigenvalue weighted by molar-refractivity contribution is 6.32. The van der Waals surface area contributed by atoms with E-state index >= 15 is 0 Å². The molecular weight excluding hydrogens is 325 g/mol. The first-order valence-corrected chi connectivity index (χ1v) is 7.22. The molecule has 1 aromatic carbocycles. The molecule has 132 valence electrons. The highest BCUT2D eigenvalue weighted by Gasteiger charge is 2.21. The van der Waals surface area contributed by atoms with Crippen LogP contribution in [0.25, 0.3) is 0 Å². The predicted molar refractivity (Wildman–Crippen MR) is 81.4 cm³/mol. The SMILES string of the molecule is CC(C)C[C@H](NC(=O)CNC(=O)c1cc(F)cc(F)c1)OB(O)O. The molecular formula is C14H19BF2N2O5. The van der Waals surface area contributed by atoms with Gasteiger partial charge in [0.05, 0.1) is 6.54 Å². The number of hydrogen-bond donors (Lipinski definition) is 4. The van der Waals surface area contributed by atoms with Crippen molar-refractivity contribution in [2.45, 2.75) is 26.5 Å². The average molecular weight is 344 g/mol. The molecule has 0 aliphatic rings. The number of amides is 2. The summed E-state index contributed by atoms with van der Waals surface area (Å²) in [6.07, 6.45) is -0.645. The summed E-state index contributed by atoms with van der Waals surface area (Å²) in [5, 5.41) is 22.2. The largest absolute Gasteiger partial charge is 0.635 e. The molecule has 7 nitrogen and oxygen atoms in total. The number of rotatable bonds is 8. The van der Waals surface area contributed by atoms with Gasteiger partial charge in [0, 0.05) is 11.6 Å². The van der Waals surface area contributed by atoms with Crippen LogP contribution in [0.5, 0.6) is 0 Å². The fourth-order valence-electron chi connectivity index (χ4n) is 1.90. The molecule has 24 heavy (non-hydrogen) atoms. The Morgan fingerprint density at radius 1 is 1.21 bits per heavy atom. The molecule has 0 fully saturated rings. The third-order valence-electron chi connectivity index (χ3n) is 2.83. The van der Waals surface area contributed by atoms with Gasteiger partial charge < -0.3 is 25.3 Å². The van der Waals surface area contributed by atoms with E-state index in [1.807, 2.05) is 13.8 Å². The molecule has 2 amide bonds. The zero-order valence-electron chi connectivity index (χ0n) is 13.3. The van der Waals surface area contributed by atoms with E-state index in [-0.39, 0.29) is 11.5 Å². The molecule has 0 radical (unpaired) electrons. The van der Waals surface area contributed by atoms with Crippen LogP contribution < -0.4 is 10.6 Å². The average Bonchev–Trinajstić information content (AvgIpc) is 2.42. The van der Waals surface area contributed by atoms with E-state index in [1.165, 1.54) is 0 Å². The van der Waals surface area contributed by atoms with Crippen molar-refractivity contribution >= 4 is 19.1 Å². The lowest BCUT2D eigenvalue weighted by molar-refractivity contribution is -0.123. The number of benzene rings is 1. The molecule has 0 heterocycles. The van der Waals surface area contributed by atoms with Gasteiger partial charge in [0.2, 0.25) is 5.91 Å². The van der Waals surface area contributed by atoms with Crippen molar-refractivity contribution in [3.8, 4) is 0 Å². The molecule has 1 atom stereocenters. The fourth-order valence-corrected chi connectivity index (χ4v) is 1.90. The van der Waals surface area contributed by atoms with Crippen molar-refractivity contribution in [1.29, 1.82) is 0 Å². The summed E-state index contributed by atoms with van der Waals surface area (Å²) in [7, 11) is -2.06. The van der Waals surface area contributed by atoms with E-state index in [2.05, 4.69) is 10.6 Å². The first-order chi connectivity index (χ1) is 11.2. The molecule has 0 saturated carbocycles. The Labute approximate surface area is 138 Å². The van der Waals surface area contributed by atoms with Gasteiger partial charge in [-0.3, -0.25) is 9.59 Å². The predicted octanol–water partition coefficient (Wildman–Crippen LogP) is 0.169. The fraction of sp³-hybridized carbons (Fsp3) is 0.429. The maximum absolute atomic E-state index is 13.0. The molecule has 4 N–H and O–H groups in total. The van der Waals surface area contributed by atoms with Crippen LogP contribution in [0, 0.1) is 17.6 Å². The maximum Gasteiger partial charge on any atom is 0.635 e. The molecule has 0 spiro atoms. The lowest BCUT2D eigenvalue weighted by Crippen LogP contribution is -2.45. The van der Waals surface area contributed by atoms with Gasteiger partial charge in [0.15, 0.2) is 0 Å². The maximum atomic E-state index is 13.0. The third kappa shape index (κ3) is 7.49. The van der Waals surface area contributed by atoms with Gasteiger partial charge in [-0.05, 0) is 24.5 Å². The molecule has 0 aliphatic carbocycles. The topological polar surface area (TPSA) is 108 Å². The van der Waals surface area contributed by atoms with Crippen molar-refractivity contribution < 1.29 is 33.1 Å². The lowest BCUT2D eigenvalue weighted by atomic mass is 10.1. The third-order valence-corrected chi connectivity index (χ3v) is 2.83. The first-order valence-electron chi connectivity index (χ1n) is 7.22. The summed E-state index contributed by atoms with van der Waals surface area (Å²) in [6, 6.07) is 2.30. The highest BCUT2D eigenvalue weighted by Crippen LogP contribution is 2.08. The van der Waals surface area contributed by atoms with E-state index in [4.69, 9.17) is 14.7 Å². The summed E-state index contributed by atoms with van der Waals surface area (Å²) < 4.78 is 30.8. The Morgan fingerprint density at radius 2 is 1.79 bits per heavy atom. The van der Waals surface area contributed by atoms with Crippen LogP contribution in [0.2, 0.25) is 0 Å². The minimum atomic E-state index is -2.06. The van der Waals surface area contributed by atoms with E-state index in [0.29, 0.717) is 12.5 Å². The van der Waals surface area contributed by atoms with Crippen LogP contribution >= 0.6 is 0 Å².